The molecule has 4 rings (SSSR count). The quantitative estimate of drug-likeness (QED) is 0.519. The Morgan fingerprint density at radius 2 is 1.85 bits per heavy atom. The van der Waals surface area contributed by atoms with Crippen LogP contribution < -0.4 is 5.32 Å². The number of sulfone groups is 1. The molecule has 2 aromatic heterocycles. The molecule has 1 fully saturated rings. The number of nitrogens with zero attached hydrogens (tertiary/aromatic N) is 4. The fourth-order valence-electron chi connectivity index (χ4n) is 4.14. The molecule has 1 aliphatic carbocycles. The number of hydrogen-bond donors (Lipinski definition) is 1. The van der Waals surface area contributed by atoms with Gasteiger partial charge in [0, 0.05) is 18.3 Å². The molecule has 0 bridgehead atoms. The van der Waals surface area contributed by atoms with Crippen molar-refractivity contribution in [2.24, 2.45) is 0 Å². The van der Waals surface area contributed by atoms with E-state index in [1.54, 1.807) is 52.1 Å². The Kier molecular flexibility index (Phi) is 5.44. The third-order valence-electron chi connectivity index (χ3n) is 5.98. The Morgan fingerprint density at radius 1 is 1.18 bits per heavy atom. The van der Waals surface area contributed by atoms with Crippen molar-refractivity contribution >= 4 is 32.2 Å². The second-order valence-corrected chi connectivity index (χ2v) is 12.1. The van der Waals surface area contributed by atoms with Crippen LogP contribution in [0.2, 0.25) is 0 Å². The van der Waals surface area contributed by atoms with Crippen molar-refractivity contribution in [1.29, 1.82) is 0 Å². The highest BCUT2D eigenvalue weighted by molar-refractivity contribution is 7.92. The maximum atomic E-state index is 14.1. The summed E-state index contributed by atoms with van der Waals surface area (Å²) in [4.78, 5) is 7.95. The molecular weight excluding hydrogens is 448 g/mol. The number of pyridine rings is 1. The summed E-state index contributed by atoms with van der Waals surface area (Å²) < 4.78 is 54.1. The van der Waals surface area contributed by atoms with Gasteiger partial charge < -0.3 is 10.2 Å². The van der Waals surface area contributed by atoms with Crippen molar-refractivity contribution in [1.82, 2.24) is 14.8 Å². The smallest absolute Gasteiger partial charge is 0.258 e. The van der Waals surface area contributed by atoms with E-state index in [9.17, 15) is 17.2 Å². The first-order valence-corrected chi connectivity index (χ1v) is 12.0. The summed E-state index contributed by atoms with van der Waals surface area (Å²) >= 11 is 0. The number of alkyl halides is 2. The van der Waals surface area contributed by atoms with Crippen LogP contribution in [0.5, 0.6) is 0 Å². The summed E-state index contributed by atoms with van der Waals surface area (Å²) in [6.07, 6.45) is 0.655. The third-order valence-corrected chi connectivity index (χ3v) is 8.49. The SMILES string of the molecule is [C-]#[N+][C@@H]1CC(F)(F)C[C@@H]1n1nc(Nc2ccc(S(=O)(=O)C(C)(C)C)cc2)c2c(C)nccc21. The van der Waals surface area contributed by atoms with Gasteiger partial charge in [0.1, 0.15) is 6.04 Å². The van der Waals surface area contributed by atoms with Crippen LogP contribution in [0.15, 0.2) is 41.4 Å². The van der Waals surface area contributed by atoms with Crippen LogP contribution in [-0.4, -0.2) is 39.9 Å². The second-order valence-electron chi connectivity index (χ2n) is 9.38. The molecule has 10 heteroatoms. The van der Waals surface area contributed by atoms with E-state index in [4.69, 9.17) is 6.57 Å². The Hall–Kier alpha value is -3.06. The molecule has 0 aliphatic heterocycles. The molecule has 0 unspecified atom stereocenters. The van der Waals surface area contributed by atoms with Gasteiger partial charge in [0.2, 0.25) is 0 Å². The van der Waals surface area contributed by atoms with Gasteiger partial charge >= 0.3 is 0 Å². The van der Waals surface area contributed by atoms with Crippen LogP contribution in [-0.2, 0) is 9.84 Å². The molecule has 174 valence electrons. The fraction of sp³-hybridized carbons (Fsp3) is 0.435. The van der Waals surface area contributed by atoms with E-state index in [0.717, 1.165) is 0 Å². The predicted octanol–water partition coefficient (Wildman–Crippen LogP) is 5.31. The Balaban J connectivity index is 1.74. The molecule has 3 aromatic rings. The molecule has 1 aliphatic rings. The van der Waals surface area contributed by atoms with Crippen molar-refractivity contribution < 1.29 is 17.2 Å². The van der Waals surface area contributed by atoms with Gasteiger partial charge in [-0.05, 0) is 58.0 Å². The number of hydrogen-bond acceptors (Lipinski definition) is 5. The highest BCUT2D eigenvalue weighted by Crippen LogP contribution is 2.45. The number of nitrogens with one attached hydrogen (secondary N) is 1. The number of aromatic nitrogens is 3. The standard InChI is InChI=1S/C23H25F2N5O2S/c1-14-20-18(10-11-27-14)30(19-13-23(24,25)12-17(19)26-5)29-21(20)28-15-6-8-16(9-7-15)33(31,32)22(2,3)4/h6-11,17,19H,12-13H2,1-4H3,(H,28,29)/t17-,19+/m1/s1. The van der Waals surface area contributed by atoms with Gasteiger partial charge in [-0.1, -0.05) is 0 Å². The first-order valence-electron chi connectivity index (χ1n) is 10.5. The van der Waals surface area contributed by atoms with Gasteiger partial charge in [-0.15, -0.1) is 0 Å². The number of rotatable bonds is 4. The first-order chi connectivity index (χ1) is 15.3. The lowest BCUT2D eigenvalue weighted by Gasteiger charge is -2.19. The number of fused-ring (bicyclic) bond motifs is 1. The summed E-state index contributed by atoms with van der Waals surface area (Å²) in [5, 5.41) is 8.41. The highest BCUT2D eigenvalue weighted by Gasteiger charge is 2.52. The third kappa shape index (κ3) is 4.06. The van der Waals surface area contributed by atoms with Gasteiger partial charge in [0.05, 0.1) is 32.7 Å². The van der Waals surface area contributed by atoms with Crippen molar-refractivity contribution in [3.8, 4) is 0 Å². The van der Waals surface area contributed by atoms with Crippen LogP contribution >= 0.6 is 0 Å². The minimum atomic E-state index is -3.49. The van der Waals surface area contributed by atoms with Crippen molar-refractivity contribution in [3.05, 3.63) is 53.6 Å². The van der Waals surface area contributed by atoms with Crippen LogP contribution in [0.1, 0.15) is 45.3 Å². The Labute approximate surface area is 191 Å². The van der Waals surface area contributed by atoms with Crippen molar-refractivity contribution in [2.45, 2.75) is 68.2 Å². The summed E-state index contributed by atoms with van der Waals surface area (Å²) in [6, 6.07) is 6.42. The van der Waals surface area contributed by atoms with E-state index in [2.05, 4.69) is 20.2 Å². The van der Waals surface area contributed by atoms with Crippen LogP contribution in [0.25, 0.3) is 15.7 Å². The van der Waals surface area contributed by atoms with E-state index in [0.29, 0.717) is 28.1 Å². The largest absolute Gasteiger partial charge is 0.338 e. The second kappa shape index (κ2) is 7.76. The van der Waals surface area contributed by atoms with Gasteiger partial charge in [0.25, 0.3) is 12.0 Å². The first kappa shape index (κ1) is 23.1. The zero-order chi connectivity index (χ0) is 24.2. The topological polar surface area (TPSA) is 81.2 Å². The van der Waals surface area contributed by atoms with E-state index < -0.39 is 45.4 Å². The molecule has 0 amide bonds. The summed E-state index contributed by atoms with van der Waals surface area (Å²) in [5.41, 5.74) is 1.88. The van der Waals surface area contributed by atoms with E-state index >= 15 is 0 Å². The lowest BCUT2D eigenvalue weighted by atomic mass is 10.1. The predicted molar refractivity (Wildman–Crippen MR) is 123 cm³/mol. The van der Waals surface area contributed by atoms with Crippen LogP contribution in [0, 0.1) is 13.5 Å². The molecule has 0 radical (unpaired) electrons. The van der Waals surface area contributed by atoms with Crippen LogP contribution in [0.4, 0.5) is 20.3 Å². The van der Waals surface area contributed by atoms with Gasteiger partial charge in [-0.25, -0.2) is 23.8 Å². The minimum absolute atomic E-state index is 0.210. The fourth-order valence-corrected chi connectivity index (χ4v) is 5.35. The monoisotopic (exact) mass is 473 g/mol. The van der Waals surface area contributed by atoms with Crippen LogP contribution in [0.3, 0.4) is 0 Å². The van der Waals surface area contributed by atoms with Crippen molar-refractivity contribution in [2.75, 3.05) is 5.32 Å². The minimum Gasteiger partial charge on any atom is -0.338 e. The Bertz CT molecular complexity index is 1350. The van der Waals surface area contributed by atoms with Gasteiger partial charge in [-0.2, -0.15) is 5.10 Å². The summed E-state index contributed by atoms with van der Waals surface area (Å²) in [7, 11) is -3.49. The maximum Gasteiger partial charge on any atom is 0.258 e. The normalized spacial score (nSPS) is 20.6. The molecular formula is C23H25F2N5O2S. The van der Waals surface area contributed by atoms with E-state index in [1.165, 1.54) is 16.8 Å². The van der Waals surface area contributed by atoms with E-state index in [1.807, 2.05) is 0 Å². The number of aryl methyl sites for hydroxylation is 1. The maximum absolute atomic E-state index is 14.1. The Morgan fingerprint density at radius 3 is 2.45 bits per heavy atom. The molecule has 1 aromatic carbocycles. The molecule has 0 spiro atoms. The molecule has 1 N–H and O–H groups in total. The van der Waals surface area contributed by atoms with Crippen molar-refractivity contribution in [3.63, 3.8) is 0 Å². The lowest BCUT2D eigenvalue weighted by molar-refractivity contribution is 0.00511. The molecule has 0 saturated heterocycles. The van der Waals surface area contributed by atoms with E-state index in [-0.39, 0.29) is 4.90 Å². The molecule has 33 heavy (non-hydrogen) atoms. The molecule has 2 atom stereocenters. The van der Waals surface area contributed by atoms with Gasteiger partial charge in [0.15, 0.2) is 15.7 Å². The number of halogens is 2. The average Bonchev–Trinajstić information content (AvgIpc) is 3.25. The zero-order valence-electron chi connectivity index (χ0n) is 18.8. The summed E-state index contributed by atoms with van der Waals surface area (Å²) in [5.74, 6) is -2.50. The molecule has 2 heterocycles. The number of benzene rings is 1. The lowest BCUT2D eigenvalue weighted by Crippen LogP contribution is -2.27. The number of anilines is 2. The summed E-state index contributed by atoms with van der Waals surface area (Å²) in [6.45, 7) is 14.1. The zero-order valence-corrected chi connectivity index (χ0v) is 19.6. The molecule has 7 nitrogen and oxygen atoms in total. The highest BCUT2D eigenvalue weighted by atomic mass is 32.2. The van der Waals surface area contributed by atoms with Gasteiger partial charge in [-0.3, -0.25) is 9.67 Å². The molecule has 1 saturated carbocycles. The average molecular weight is 474 g/mol.